The lowest BCUT2D eigenvalue weighted by molar-refractivity contribution is -0.154. The zero-order chi connectivity index (χ0) is 42.3. The monoisotopic (exact) mass is 828 g/mol. The first kappa shape index (κ1) is 55.2. The van der Waals surface area contributed by atoms with Crippen molar-refractivity contribution in [2.45, 2.75) is 161 Å². The van der Waals surface area contributed by atoms with E-state index < -0.39 is 13.9 Å². The van der Waals surface area contributed by atoms with E-state index in [-0.39, 0.29) is 38.8 Å². The van der Waals surface area contributed by atoms with Crippen molar-refractivity contribution in [3.63, 3.8) is 0 Å². The number of allylic oxidation sites excluding steroid dienone is 18. The third-order valence-electron chi connectivity index (χ3n) is 8.69. The number of phosphoric acid groups is 1. The van der Waals surface area contributed by atoms with Gasteiger partial charge in [0.25, 0.3) is 0 Å². The molecule has 0 fully saturated rings. The molecule has 330 valence electrons. The fourth-order valence-corrected chi connectivity index (χ4v) is 6.25. The van der Waals surface area contributed by atoms with E-state index in [2.05, 4.69) is 123 Å². The Bertz CT molecular complexity index is 1250. The lowest BCUT2D eigenvalue weighted by Gasteiger charge is -2.20. The molecule has 0 rings (SSSR count). The van der Waals surface area contributed by atoms with Crippen LogP contribution in [-0.4, -0.2) is 49.9 Å². The van der Waals surface area contributed by atoms with Gasteiger partial charge in [0, 0.05) is 19.6 Å². The van der Waals surface area contributed by atoms with Crippen molar-refractivity contribution in [2.75, 3.05) is 33.0 Å². The molecule has 0 heterocycles. The quantitative estimate of drug-likeness (QED) is 0.0271. The molecule has 0 spiro atoms. The third-order valence-corrected chi connectivity index (χ3v) is 9.67. The molecule has 2 atom stereocenters. The second-order valence-electron chi connectivity index (χ2n) is 14.1. The number of rotatable bonds is 41. The van der Waals surface area contributed by atoms with Gasteiger partial charge in [-0.15, -0.1) is 0 Å². The van der Waals surface area contributed by atoms with E-state index in [4.69, 9.17) is 24.3 Å². The van der Waals surface area contributed by atoms with Crippen molar-refractivity contribution < 1.29 is 32.8 Å². The second-order valence-corrected chi connectivity index (χ2v) is 15.6. The maximum atomic E-state index is 12.6. The van der Waals surface area contributed by atoms with Crippen LogP contribution in [0.15, 0.2) is 109 Å². The summed E-state index contributed by atoms with van der Waals surface area (Å²) < 4.78 is 33.4. The molecule has 0 amide bonds. The largest absolute Gasteiger partial charge is 0.472 e. The summed E-state index contributed by atoms with van der Waals surface area (Å²) in [4.78, 5) is 22.5. The van der Waals surface area contributed by atoms with Gasteiger partial charge in [-0.3, -0.25) is 13.8 Å². The van der Waals surface area contributed by atoms with Gasteiger partial charge >= 0.3 is 13.8 Å². The van der Waals surface area contributed by atoms with E-state index in [0.29, 0.717) is 13.0 Å². The molecule has 8 nitrogen and oxygen atoms in total. The first-order chi connectivity index (χ1) is 28.4. The van der Waals surface area contributed by atoms with Gasteiger partial charge in [-0.1, -0.05) is 162 Å². The maximum Gasteiger partial charge on any atom is 0.472 e. The van der Waals surface area contributed by atoms with Gasteiger partial charge in [-0.2, -0.15) is 0 Å². The minimum atomic E-state index is -4.30. The highest BCUT2D eigenvalue weighted by Gasteiger charge is 2.25. The summed E-state index contributed by atoms with van der Waals surface area (Å²) in [6.45, 7) is 4.59. The number of unbranched alkanes of at least 4 members (excludes halogenated alkanes) is 10. The molecular weight excluding hydrogens is 746 g/mol. The van der Waals surface area contributed by atoms with Gasteiger partial charge in [0.1, 0.15) is 6.10 Å². The lowest BCUT2D eigenvalue weighted by atomic mass is 10.1. The van der Waals surface area contributed by atoms with E-state index in [1.165, 1.54) is 32.1 Å². The molecular formula is C49H82NO7P. The smallest absolute Gasteiger partial charge is 0.457 e. The molecule has 9 heteroatoms. The van der Waals surface area contributed by atoms with Gasteiger partial charge in [0.15, 0.2) is 0 Å². The predicted octanol–water partition coefficient (Wildman–Crippen LogP) is 13.6. The van der Waals surface area contributed by atoms with Crippen LogP contribution in [0.4, 0.5) is 0 Å². The number of nitrogens with two attached hydrogens (primary N) is 1. The Kier molecular flexibility index (Phi) is 43.0. The molecule has 0 aliphatic carbocycles. The van der Waals surface area contributed by atoms with Gasteiger partial charge in [0.05, 0.1) is 19.8 Å². The Morgan fingerprint density at radius 1 is 0.517 bits per heavy atom. The highest BCUT2D eigenvalue weighted by atomic mass is 31.2. The first-order valence-electron chi connectivity index (χ1n) is 22.4. The number of hydrogen-bond acceptors (Lipinski definition) is 7. The molecule has 0 aliphatic rings. The van der Waals surface area contributed by atoms with Crippen molar-refractivity contribution in [3.05, 3.63) is 109 Å². The Hall–Kier alpha value is -2.84. The van der Waals surface area contributed by atoms with Gasteiger partial charge in [-0.05, 0) is 96.3 Å². The zero-order valence-corrected chi connectivity index (χ0v) is 37.4. The Morgan fingerprint density at radius 2 is 0.914 bits per heavy atom. The average molecular weight is 828 g/mol. The minimum Gasteiger partial charge on any atom is -0.457 e. The van der Waals surface area contributed by atoms with Crippen LogP contribution in [0.3, 0.4) is 0 Å². The number of carbonyl (C=O) groups excluding carboxylic acids is 1. The van der Waals surface area contributed by atoms with Gasteiger partial charge in [0.2, 0.25) is 0 Å². The van der Waals surface area contributed by atoms with E-state index in [1.807, 2.05) is 0 Å². The van der Waals surface area contributed by atoms with Crippen molar-refractivity contribution in [1.82, 2.24) is 0 Å². The normalized spacial score (nSPS) is 14.5. The van der Waals surface area contributed by atoms with Gasteiger partial charge < -0.3 is 20.1 Å². The molecule has 58 heavy (non-hydrogen) atoms. The Morgan fingerprint density at radius 3 is 1.36 bits per heavy atom. The Balaban J connectivity index is 4.16. The number of carbonyl (C=O) groups is 1. The van der Waals surface area contributed by atoms with E-state index in [1.54, 1.807) is 0 Å². The molecule has 0 aliphatic heterocycles. The molecule has 0 aromatic carbocycles. The fraction of sp³-hybridized carbons (Fsp3) is 0.612. The summed E-state index contributed by atoms with van der Waals surface area (Å²) in [5, 5.41) is 0. The van der Waals surface area contributed by atoms with Crippen molar-refractivity contribution >= 4 is 13.8 Å². The second kappa shape index (κ2) is 45.2. The van der Waals surface area contributed by atoms with Crippen molar-refractivity contribution in [2.24, 2.45) is 5.73 Å². The standard InChI is InChI=1S/C49H82NO7P/c1-3-5-7-9-11-13-15-17-19-21-23-24-25-26-28-30-32-34-36-38-40-42-49(51)57-48(47-56-58(52,53)55-45-43-50)46-54-44-41-39-37-35-33-31-29-27-22-20-18-16-14-12-10-8-6-4-2/h5-8,11-14,17-20,23-24,26,28,32,34,48H,3-4,9-10,15-16,21-22,25,27,29-31,33,35-47,50H2,1-2H3,(H,52,53)/b7-5-,8-6-,13-11-,14-12-,19-17-,20-18-,24-23-,28-26-,34-32-. The first-order valence-corrected chi connectivity index (χ1v) is 23.9. The minimum absolute atomic E-state index is 0.0851. The fourth-order valence-electron chi connectivity index (χ4n) is 5.48. The topological polar surface area (TPSA) is 117 Å². The molecule has 3 N–H and O–H groups in total. The van der Waals surface area contributed by atoms with Crippen LogP contribution in [0.1, 0.15) is 155 Å². The molecule has 0 saturated heterocycles. The van der Waals surface area contributed by atoms with E-state index in [9.17, 15) is 14.3 Å². The van der Waals surface area contributed by atoms with Crippen LogP contribution in [0, 0.1) is 0 Å². The number of ether oxygens (including phenoxy) is 2. The molecule has 0 saturated carbocycles. The highest BCUT2D eigenvalue weighted by molar-refractivity contribution is 7.47. The predicted molar refractivity (Wildman–Crippen MR) is 247 cm³/mol. The summed E-state index contributed by atoms with van der Waals surface area (Å²) >= 11 is 0. The molecule has 0 bridgehead atoms. The molecule has 0 aromatic rings. The van der Waals surface area contributed by atoms with Gasteiger partial charge in [-0.25, -0.2) is 4.57 Å². The number of esters is 1. The van der Waals surface area contributed by atoms with Crippen LogP contribution in [0.2, 0.25) is 0 Å². The molecule has 0 aromatic heterocycles. The van der Waals surface area contributed by atoms with E-state index >= 15 is 0 Å². The van der Waals surface area contributed by atoms with Crippen molar-refractivity contribution in [3.8, 4) is 0 Å². The highest BCUT2D eigenvalue weighted by Crippen LogP contribution is 2.43. The lowest BCUT2D eigenvalue weighted by Crippen LogP contribution is -2.28. The number of phosphoric ester groups is 1. The van der Waals surface area contributed by atoms with E-state index in [0.717, 1.165) is 96.3 Å². The summed E-state index contributed by atoms with van der Waals surface area (Å²) in [7, 11) is -4.30. The van der Waals surface area contributed by atoms with Crippen LogP contribution < -0.4 is 5.73 Å². The summed E-state index contributed by atoms with van der Waals surface area (Å²) in [6.07, 6.45) is 61.1. The van der Waals surface area contributed by atoms with Crippen molar-refractivity contribution in [1.29, 1.82) is 0 Å². The summed E-state index contributed by atoms with van der Waals surface area (Å²) in [5.74, 6) is -0.380. The Labute approximate surface area is 354 Å². The summed E-state index contributed by atoms with van der Waals surface area (Å²) in [6, 6.07) is 0. The van der Waals surface area contributed by atoms with Crippen LogP contribution in [0.5, 0.6) is 0 Å². The molecule has 0 radical (unpaired) electrons. The number of hydrogen-bond donors (Lipinski definition) is 2. The molecule has 2 unspecified atom stereocenters. The SMILES string of the molecule is CC/C=C\C/C=C\C/C=C\C/C=C\C/C=C\C/C=C\CCCCC(=O)OC(COCCCCCCCCCC/C=C\C/C=C\C/C=C\CC)COP(=O)(O)OCCN. The average Bonchev–Trinajstić information content (AvgIpc) is 3.21. The zero-order valence-electron chi connectivity index (χ0n) is 36.5. The third kappa shape index (κ3) is 44.3. The summed E-state index contributed by atoms with van der Waals surface area (Å²) in [5.41, 5.74) is 5.37. The van der Waals surface area contributed by atoms with Crippen LogP contribution >= 0.6 is 7.82 Å². The van der Waals surface area contributed by atoms with Crippen LogP contribution in [0.25, 0.3) is 0 Å². The van der Waals surface area contributed by atoms with Crippen LogP contribution in [-0.2, 0) is 27.9 Å². The maximum absolute atomic E-state index is 12.6.